The first kappa shape index (κ1) is 19.0. The van der Waals surface area contributed by atoms with Gasteiger partial charge in [0.15, 0.2) is 6.23 Å². The summed E-state index contributed by atoms with van der Waals surface area (Å²) in [5.41, 5.74) is 6.87. The minimum absolute atomic E-state index is 0.185. The van der Waals surface area contributed by atoms with Crippen LogP contribution in [-0.4, -0.2) is 59.5 Å². The van der Waals surface area contributed by atoms with Gasteiger partial charge in [0, 0.05) is 11.8 Å². The van der Waals surface area contributed by atoms with Gasteiger partial charge in [-0.2, -0.15) is 0 Å². The maximum atomic E-state index is 10.9. The number of hydrogen-bond acceptors (Lipinski definition) is 9. The van der Waals surface area contributed by atoms with Crippen molar-refractivity contribution >= 4 is 24.7 Å². The molecule has 1 fully saturated rings. The van der Waals surface area contributed by atoms with Crippen LogP contribution >= 0.6 is 7.82 Å². The molecule has 1 aliphatic rings. The smallest absolute Gasteiger partial charge is 0.464 e. The molecule has 0 aromatic carbocycles. The molecule has 28 heavy (non-hydrogen) atoms. The van der Waals surface area contributed by atoms with E-state index in [-0.39, 0.29) is 5.82 Å². The summed E-state index contributed by atoms with van der Waals surface area (Å²) in [6.45, 7) is -0.611. The van der Waals surface area contributed by atoms with Crippen LogP contribution in [0.15, 0.2) is 35.3 Å². The molecule has 0 unspecified atom stereocenters. The molecule has 150 valence electrons. The number of aliphatic hydroxyl groups is 2. The number of hydrogen-bond donors (Lipinski definition) is 5. The van der Waals surface area contributed by atoms with E-state index in [2.05, 4.69) is 14.5 Å². The van der Waals surface area contributed by atoms with Gasteiger partial charge in [0.05, 0.1) is 18.3 Å². The minimum atomic E-state index is -4.76. The Morgan fingerprint density at radius 1 is 1.29 bits per heavy atom. The number of ether oxygens (including phenoxy) is 1. The first-order valence-electron chi connectivity index (χ1n) is 8.13. The normalized spacial score (nSPS) is 25.6. The number of nitrogens with zero attached hydrogens (tertiary/aromatic N) is 3. The van der Waals surface area contributed by atoms with Crippen molar-refractivity contribution in [3.05, 3.63) is 30.9 Å². The number of phosphoric acid groups is 1. The SMILES string of the molecule is Nc1ncnc2c1c(-c1ccco1)cn2[C@@H]1O[C@H](COP(=O)(O)O)[C@@H](O)[C@H]1O. The molecule has 0 amide bonds. The van der Waals surface area contributed by atoms with Gasteiger partial charge >= 0.3 is 7.82 Å². The number of phosphoric ester groups is 1. The molecular weight excluding hydrogens is 395 g/mol. The van der Waals surface area contributed by atoms with Gasteiger partial charge in [0.1, 0.15) is 41.9 Å². The molecular formula is C15H17N4O8P. The van der Waals surface area contributed by atoms with E-state index in [1.807, 2.05) is 0 Å². The van der Waals surface area contributed by atoms with Crippen molar-refractivity contribution in [2.24, 2.45) is 0 Å². The topological polar surface area (TPSA) is 186 Å². The van der Waals surface area contributed by atoms with E-state index < -0.39 is 39.0 Å². The van der Waals surface area contributed by atoms with E-state index in [1.165, 1.54) is 17.2 Å². The fraction of sp³-hybridized carbons (Fsp3) is 0.333. The van der Waals surface area contributed by atoms with Gasteiger partial charge < -0.3 is 39.5 Å². The Bertz CT molecular complexity index is 1030. The monoisotopic (exact) mass is 412 g/mol. The molecule has 1 aliphatic heterocycles. The second kappa shape index (κ2) is 6.94. The van der Waals surface area contributed by atoms with E-state index in [1.54, 1.807) is 18.3 Å². The van der Waals surface area contributed by atoms with E-state index in [9.17, 15) is 14.8 Å². The first-order valence-corrected chi connectivity index (χ1v) is 9.66. The first-order chi connectivity index (χ1) is 13.3. The van der Waals surface area contributed by atoms with E-state index in [4.69, 9.17) is 24.7 Å². The summed E-state index contributed by atoms with van der Waals surface area (Å²) < 4.78 is 27.8. The van der Waals surface area contributed by atoms with Crippen molar-refractivity contribution < 1.29 is 38.2 Å². The van der Waals surface area contributed by atoms with Crippen molar-refractivity contribution in [1.82, 2.24) is 14.5 Å². The summed E-state index contributed by atoms with van der Waals surface area (Å²) >= 11 is 0. The highest BCUT2D eigenvalue weighted by atomic mass is 31.2. The van der Waals surface area contributed by atoms with Crippen molar-refractivity contribution in [3.8, 4) is 11.3 Å². The van der Waals surface area contributed by atoms with E-state index in [0.717, 1.165) is 0 Å². The average molecular weight is 412 g/mol. The van der Waals surface area contributed by atoms with Crippen LogP contribution in [-0.2, 0) is 13.8 Å². The molecule has 13 heteroatoms. The maximum Gasteiger partial charge on any atom is 0.469 e. The van der Waals surface area contributed by atoms with Gasteiger partial charge in [-0.05, 0) is 12.1 Å². The summed E-state index contributed by atoms with van der Waals surface area (Å²) in [4.78, 5) is 25.8. The number of anilines is 1. The van der Waals surface area contributed by atoms with Crippen LogP contribution in [0.5, 0.6) is 0 Å². The summed E-state index contributed by atoms with van der Waals surface area (Å²) in [6, 6.07) is 3.40. The Morgan fingerprint density at radius 3 is 2.75 bits per heavy atom. The van der Waals surface area contributed by atoms with E-state index >= 15 is 0 Å². The fourth-order valence-electron chi connectivity index (χ4n) is 3.19. The zero-order chi connectivity index (χ0) is 20.1. The second-order valence-corrected chi connectivity index (χ2v) is 7.46. The summed E-state index contributed by atoms with van der Waals surface area (Å²) in [6.07, 6.45) is -0.828. The van der Waals surface area contributed by atoms with Crippen molar-refractivity contribution in [2.45, 2.75) is 24.5 Å². The average Bonchev–Trinajstić information content (AvgIpc) is 3.33. The van der Waals surface area contributed by atoms with Crippen LogP contribution < -0.4 is 5.73 Å². The van der Waals surface area contributed by atoms with Gasteiger partial charge in [-0.15, -0.1) is 0 Å². The predicted octanol–water partition coefficient (Wildman–Crippen LogP) is 0.00200. The second-order valence-electron chi connectivity index (χ2n) is 6.22. The molecule has 4 heterocycles. The maximum absolute atomic E-state index is 10.9. The summed E-state index contributed by atoms with van der Waals surface area (Å²) in [7, 11) is -4.76. The molecule has 3 aromatic heterocycles. The lowest BCUT2D eigenvalue weighted by Crippen LogP contribution is -2.33. The van der Waals surface area contributed by atoms with Crippen LogP contribution in [0.2, 0.25) is 0 Å². The van der Waals surface area contributed by atoms with Crippen LogP contribution in [0.4, 0.5) is 5.82 Å². The Hall–Kier alpha value is -2.31. The van der Waals surface area contributed by atoms with Gasteiger partial charge in [-0.3, -0.25) is 4.52 Å². The van der Waals surface area contributed by atoms with Crippen LogP contribution in [0.25, 0.3) is 22.4 Å². The summed E-state index contributed by atoms with van der Waals surface area (Å²) in [5.74, 6) is 0.671. The Kier molecular flexibility index (Phi) is 4.71. The van der Waals surface area contributed by atoms with Crippen LogP contribution in [0, 0.1) is 0 Å². The van der Waals surface area contributed by atoms with Gasteiger partial charge in [0.25, 0.3) is 0 Å². The number of aliphatic hydroxyl groups excluding tert-OH is 2. The number of aromatic nitrogens is 3. The molecule has 12 nitrogen and oxygen atoms in total. The molecule has 3 aromatic rings. The third-order valence-electron chi connectivity index (χ3n) is 4.44. The Balaban J connectivity index is 1.73. The number of nitrogens with two attached hydrogens (primary N) is 1. The van der Waals surface area contributed by atoms with Crippen LogP contribution in [0.1, 0.15) is 6.23 Å². The van der Waals surface area contributed by atoms with Crippen molar-refractivity contribution in [1.29, 1.82) is 0 Å². The lowest BCUT2D eigenvalue weighted by molar-refractivity contribution is -0.0501. The fourth-order valence-corrected chi connectivity index (χ4v) is 3.53. The zero-order valence-electron chi connectivity index (χ0n) is 14.2. The Labute approximate surface area is 157 Å². The number of rotatable bonds is 5. The quantitative estimate of drug-likeness (QED) is 0.355. The number of furan rings is 1. The molecule has 0 aliphatic carbocycles. The van der Waals surface area contributed by atoms with Gasteiger partial charge in [0.2, 0.25) is 0 Å². The highest BCUT2D eigenvalue weighted by Gasteiger charge is 2.45. The molecule has 4 rings (SSSR count). The number of fused-ring (bicyclic) bond motifs is 1. The summed E-state index contributed by atoms with van der Waals surface area (Å²) in [5, 5.41) is 21.1. The molecule has 0 spiro atoms. The van der Waals surface area contributed by atoms with Crippen molar-refractivity contribution in [2.75, 3.05) is 12.3 Å². The minimum Gasteiger partial charge on any atom is -0.464 e. The molecule has 4 atom stereocenters. The van der Waals surface area contributed by atoms with Crippen LogP contribution in [0.3, 0.4) is 0 Å². The van der Waals surface area contributed by atoms with Gasteiger partial charge in [-0.25, -0.2) is 14.5 Å². The Morgan fingerprint density at radius 2 is 2.07 bits per heavy atom. The zero-order valence-corrected chi connectivity index (χ0v) is 15.1. The highest BCUT2D eigenvalue weighted by molar-refractivity contribution is 7.46. The van der Waals surface area contributed by atoms with E-state index in [0.29, 0.717) is 22.4 Å². The largest absolute Gasteiger partial charge is 0.469 e. The molecule has 1 saturated heterocycles. The lowest BCUT2D eigenvalue weighted by atomic mass is 10.1. The third-order valence-corrected chi connectivity index (χ3v) is 4.93. The third kappa shape index (κ3) is 3.31. The van der Waals surface area contributed by atoms with Crippen molar-refractivity contribution in [3.63, 3.8) is 0 Å². The predicted molar refractivity (Wildman–Crippen MR) is 93.6 cm³/mol. The highest BCUT2D eigenvalue weighted by Crippen LogP contribution is 2.40. The molecule has 0 bridgehead atoms. The molecule has 0 saturated carbocycles. The van der Waals surface area contributed by atoms with Gasteiger partial charge in [-0.1, -0.05) is 0 Å². The molecule has 6 N–H and O–H groups in total. The lowest BCUT2D eigenvalue weighted by Gasteiger charge is -2.17. The standard InChI is InChI=1S/C15H17N4O8P/c16-13-10-7(8-2-1-3-25-8)4-19(14(10)18-6-17-13)15-12(21)11(20)9(27-15)5-26-28(22,23)24/h1-4,6,9,11-12,15,20-21H,5H2,(H2,16,17,18)(H2,22,23,24)/t9-,11-,12-,15-/m1/s1. The molecule has 0 radical (unpaired) electrons. The number of nitrogen functional groups attached to an aromatic ring is 1.